The Morgan fingerprint density at radius 1 is 1.24 bits per heavy atom. The molecule has 1 aromatic carbocycles. The maximum atomic E-state index is 12.1. The Balaban J connectivity index is 2.07. The van der Waals surface area contributed by atoms with Gasteiger partial charge in [0.15, 0.2) is 5.78 Å². The third-order valence-electron chi connectivity index (χ3n) is 4.87. The molecule has 1 saturated carbocycles. The Hall–Kier alpha value is -1.31. The van der Waals surface area contributed by atoms with Crippen LogP contribution in [0.4, 0.5) is 0 Å². The molecule has 0 saturated heterocycles. The van der Waals surface area contributed by atoms with Crippen LogP contribution in [0.5, 0.6) is 5.75 Å². The van der Waals surface area contributed by atoms with Gasteiger partial charge in [-0.2, -0.15) is 0 Å². The molecule has 17 heavy (non-hydrogen) atoms. The molecule has 0 N–H and O–H groups in total. The number of methoxy groups -OCH3 is 1. The largest absolute Gasteiger partial charge is 0.497 e. The first-order valence-electron chi connectivity index (χ1n) is 6.34. The van der Waals surface area contributed by atoms with Gasteiger partial charge in [-0.15, -0.1) is 0 Å². The van der Waals surface area contributed by atoms with Crippen LogP contribution in [0.3, 0.4) is 0 Å². The number of carbonyl (C=O) groups is 1. The number of hydrogen-bond donors (Lipinski definition) is 0. The lowest BCUT2D eigenvalue weighted by Crippen LogP contribution is -2.46. The van der Waals surface area contributed by atoms with Crippen LogP contribution < -0.4 is 4.74 Å². The van der Waals surface area contributed by atoms with Gasteiger partial charge in [0.2, 0.25) is 0 Å². The van der Waals surface area contributed by atoms with Crippen molar-refractivity contribution in [1.82, 2.24) is 0 Å². The first-order chi connectivity index (χ1) is 8.13. The van der Waals surface area contributed by atoms with Crippen LogP contribution in [0.25, 0.3) is 0 Å². The predicted molar refractivity (Wildman–Crippen MR) is 66.5 cm³/mol. The van der Waals surface area contributed by atoms with Crippen molar-refractivity contribution in [1.29, 1.82) is 0 Å². The molecule has 0 aliphatic heterocycles. The zero-order valence-electron chi connectivity index (χ0n) is 10.6. The Morgan fingerprint density at radius 3 is 2.71 bits per heavy atom. The number of ether oxygens (including phenoxy) is 1. The Bertz CT molecular complexity index is 478. The summed E-state index contributed by atoms with van der Waals surface area (Å²) in [5.74, 6) is 3.61. The second-order valence-corrected chi connectivity index (χ2v) is 5.49. The van der Waals surface area contributed by atoms with Gasteiger partial charge in [-0.25, -0.2) is 0 Å². The highest BCUT2D eigenvalue weighted by molar-refractivity contribution is 5.99. The fraction of sp³-hybridized carbons (Fsp3) is 0.533. The molecule has 0 bridgehead atoms. The SMILES string of the molecule is COc1ccc2c(c1)C(=O)CC1C(C)C(C)C21. The maximum Gasteiger partial charge on any atom is 0.163 e. The molecule has 0 heterocycles. The summed E-state index contributed by atoms with van der Waals surface area (Å²) in [5, 5.41) is 0. The lowest BCUT2D eigenvalue weighted by atomic mass is 9.51. The molecular weight excluding hydrogens is 212 g/mol. The van der Waals surface area contributed by atoms with Crippen molar-refractivity contribution in [3.8, 4) is 5.75 Å². The van der Waals surface area contributed by atoms with E-state index in [4.69, 9.17) is 4.74 Å². The number of benzene rings is 1. The quantitative estimate of drug-likeness (QED) is 0.740. The minimum absolute atomic E-state index is 0.291. The average molecular weight is 230 g/mol. The summed E-state index contributed by atoms with van der Waals surface area (Å²) in [6, 6.07) is 5.97. The number of hydrogen-bond acceptors (Lipinski definition) is 2. The number of ketones is 1. The molecule has 2 heteroatoms. The van der Waals surface area contributed by atoms with Gasteiger partial charge in [0.05, 0.1) is 7.11 Å². The number of rotatable bonds is 1. The molecule has 0 spiro atoms. The van der Waals surface area contributed by atoms with Gasteiger partial charge < -0.3 is 4.74 Å². The standard InChI is InChI=1S/C15H18O2/c1-8-9(2)15-11-5-4-10(17-3)6-13(11)14(16)7-12(8)15/h4-6,8-9,12,15H,7H2,1-3H3. The van der Waals surface area contributed by atoms with Crippen LogP contribution >= 0.6 is 0 Å². The molecule has 0 aromatic heterocycles. The lowest BCUT2D eigenvalue weighted by molar-refractivity contribution is 0.0400. The summed E-state index contributed by atoms with van der Waals surface area (Å²) in [4.78, 5) is 12.1. The van der Waals surface area contributed by atoms with Crippen molar-refractivity contribution >= 4 is 5.78 Å². The summed E-state index contributed by atoms with van der Waals surface area (Å²) in [6.07, 6.45) is 0.719. The second-order valence-electron chi connectivity index (χ2n) is 5.49. The first-order valence-corrected chi connectivity index (χ1v) is 6.34. The van der Waals surface area contributed by atoms with Gasteiger partial charge >= 0.3 is 0 Å². The van der Waals surface area contributed by atoms with E-state index >= 15 is 0 Å². The van der Waals surface area contributed by atoms with Crippen molar-refractivity contribution in [2.45, 2.75) is 26.2 Å². The highest BCUT2D eigenvalue weighted by Gasteiger charge is 2.50. The smallest absolute Gasteiger partial charge is 0.163 e. The molecule has 0 radical (unpaired) electrons. The van der Waals surface area contributed by atoms with Gasteiger partial charge in [-0.1, -0.05) is 19.9 Å². The predicted octanol–water partition coefficient (Wildman–Crippen LogP) is 3.27. The fourth-order valence-corrected chi connectivity index (χ4v) is 3.63. The molecular formula is C15H18O2. The highest BCUT2D eigenvalue weighted by atomic mass is 16.5. The van der Waals surface area contributed by atoms with Crippen molar-refractivity contribution in [2.24, 2.45) is 17.8 Å². The molecule has 4 atom stereocenters. The van der Waals surface area contributed by atoms with E-state index in [9.17, 15) is 4.79 Å². The molecule has 1 aromatic rings. The van der Waals surface area contributed by atoms with Crippen molar-refractivity contribution in [3.05, 3.63) is 29.3 Å². The lowest BCUT2D eigenvalue weighted by Gasteiger charge is -2.52. The van der Waals surface area contributed by atoms with Gasteiger partial charge in [0, 0.05) is 12.0 Å². The molecule has 1 fully saturated rings. The van der Waals surface area contributed by atoms with E-state index in [0.29, 0.717) is 29.5 Å². The summed E-state index contributed by atoms with van der Waals surface area (Å²) in [5.41, 5.74) is 2.14. The molecule has 2 aliphatic rings. The van der Waals surface area contributed by atoms with Gasteiger partial charge in [-0.3, -0.25) is 4.79 Å². The molecule has 2 aliphatic carbocycles. The van der Waals surface area contributed by atoms with Crippen LogP contribution in [0.15, 0.2) is 18.2 Å². The van der Waals surface area contributed by atoms with Gasteiger partial charge in [0.25, 0.3) is 0 Å². The fourth-order valence-electron chi connectivity index (χ4n) is 3.63. The molecule has 2 nitrogen and oxygen atoms in total. The van der Waals surface area contributed by atoms with E-state index in [2.05, 4.69) is 19.9 Å². The maximum absolute atomic E-state index is 12.1. The van der Waals surface area contributed by atoms with E-state index in [1.54, 1.807) is 7.11 Å². The Kier molecular flexibility index (Phi) is 2.29. The van der Waals surface area contributed by atoms with Gasteiger partial charge in [0.1, 0.15) is 5.75 Å². The van der Waals surface area contributed by atoms with E-state index < -0.39 is 0 Å². The summed E-state index contributed by atoms with van der Waals surface area (Å²) >= 11 is 0. The van der Waals surface area contributed by atoms with Crippen LogP contribution in [0.2, 0.25) is 0 Å². The Morgan fingerprint density at radius 2 is 2.00 bits per heavy atom. The Labute approximate surface area is 102 Å². The molecule has 0 amide bonds. The number of Topliss-reactive ketones (excluding diaryl/α,β-unsaturated/α-hetero) is 1. The minimum atomic E-state index is 0.291. The van der Waals surface area contributed by atoms with Crippen LogP contribution in [-0.4, -0.2) is 12.9 Å². The molecule has 90 valence electrons. The van der Waals surface area contributed by atoms with Crippen LogP contribution in [0, 0.1) is 17.8 Å². The third-order valence-corrected chi connectivity index (χ3v) is 4.87. The molecule has 3 rings (SSSR count). The van der Waals surface area contributed by atoms with E-state index in [1.165, 1.54) is 5.56 Å². The molecule has 4 unspecified atom stereocenters. The summed E-state index contributed by atoms with van der Waals surface area (Å²) < 4.78 is 5.20. The average Bonchev–Trinajstić information content (AvgIpc) is 2.37. The van der Waals surface area contributed by atoms with E-state index in [0.717, 1.165) is 17.7 Å². The number of fused-ring (bicyclic) bond motifs is 3. The summed E-state index contributed by atoms with van der Waals surface area (Å²) in [6.45, 7) is 4.57. The van der Waals surface area contributed by atoms with E-state index in [1.807, 2.05) is 12.1 Å². The van der Waals surface area contributed by atoms with Crippen molar-refractivity contribution in [2.75, 3.05) is 7.11 Å². The highest BCUT2D eigenvalue weighted by Crippen LogP contribution is 2.57. The zero-order valence-corrected chi connectivity index (χ0v) is 10.6. The minimum Gasteiger partial charge on any atom is -0.497 e. The van der Waals surface area contributed by atoms with Crippen LogP contribution in [-0.2, 0) is 0 Å². The number of carbonyl (C=O) groups excluding carboxylic acids is 1. The van der Waals surface area contributed by atoms with E-state index in [-0.39, 0.29) is 0 Å². The summed E-state index contributed by atoms with van der Waals surface area (Å²) in [7, 11) is 1.64. The normalized spacial score (nSPS) is 34.6. The monoisotopic (exact) mass is 230 g/mol. The zero-order chi connectivity index (χ0) is 12.2. The second kappa shape index (κ2) is 3.59. The third kappa shape index (κ3) is 1.36. The van der Waals surface area contributed by atoms with Gasteiger partial charge in [-0.05, 0) is 41.4 Å². The van der Waals surface area contributed by atoms with Crippen molar-refractivity contribution < 1.29 is 9.53 Å². The van der Waals surface area contributed by atoms with Crippen LogP contribution in [0.1, 0.15) is 42.1 Å². The van der Waals surface area contributed by atoms with Crippen molar-refractivity contribution in [3.63, 3.8) is 0 Å². The topological polar surface area (TPSA) is 26.3 Å². The first kappa shape index (κ1) is 10.8.